The van der Waals surface area contributed by atoms with Crippen LogP contribution in [0.25, 0.3) is 0 Å². The highest BCUT2D eigenvalue weighted by Crippen LogP contribution is 2.61. The van der Waals surface area contributed by atoms with Crippen molar-refractivity contribution in [3.05, 3.63) is 95.1 Å². The largest absolute Gasteiger partial charge is 0.508 e. The average molecular weight is 674 g/mol. The van der Waals surface area contributed by atoms with Crippen LogP contribution >= 0.6 is 12.4 Å². The van der Waals surface area contributed by atoms with Crippen LogP contribution in [0.4, 0.5) is 13.2 Å². The fraction of sp³-hybridized carbons (Fsp3) is 0.500. The Bertz CT molecular complexity index is 1450. The average Bonchev–Trinajstić information content (AvgIpc) is 3.38. The van der Waals surface area contributed by atoms with Gasteiger partial charge < -0.3 is 19.9 Å². The second kappa shape index (κ2) is 15.8. The van der Waals surface area contributed by atoms with Gasteiger partial charge in [0.05, 0.1) is 5.56 Å². The topological polar surface area (TPSA) is 67.8 Å². The highest BCUT2D eigenvalue weighted by atomic mass is 35.5. The van der Waals surface area contributed by atoms with Crippen LogP contribution in [0.2, 0.25) is 0 Å². The lowest BCUT2D eigenvalue weighted by molar-refractivity contribution is -0.157. The van der Waals surface area contributed by atoms with E-state index in [1.807, 2.05) is 56.4 Å². The predicted octanol–water partition coefficient (Wildman–Crippen LogP) is 9.43. The van der Waals surface area contributed by atoms with Crippen LogP contribution in [0.1, 0.15) is 93.1 Å². The molecule has 0 heterocycles. The quantitative estimate of drug-likeness (QED) is 0.233. The fourth-order valence-corrected chi connectivity index (χ4v) is 8.08. The summed E-state index contributed by atoms with van der Waals surface area (Å²) in [6, 6.07) is 20.4. The van der Waals surface area contributed by atoms with Gasteiger partial charge in [0.15, 0.2) is 0 Å². The molecule has 2 N–H and O–H groups in total. The summed E-state index contributed by atoms with van der Waals surface area (Å²) < 4.78 is 49.4. The summed E-state index contributed by atoms with van der Waals surface area (Å²) in [4.78, 5) is 11.8. The number of hydrogen-bond acceptors (Lipinski definition) is 5. The van der Waals surface area contributed by atoms with Crippen LogP contribution in [-0.2, 0) is 22.1 Å². The van der Waals surface area contributed by atoms with Gasteiger partial charge in [-0.2, -0.15) is 13.2 Å². The van der Waals surface area contributed by atoms with E-state index in [-0.39, 0.29) is 36.0 Å². The number of aromatic hydroxyl groups is 1. The Kier molecular flexibility index (Phi) is 12.3. The lowest BCUT2D eigenvalue weighted by Crippen LogP contribution is -2.45. The number of benzene rings is 3. The minimum absolute atomic E-state index is 0. The molecule has 0 bridgehead atoms. The van der Waals surface area contributed by atoms with Crippen molar-refractivity contribution >= 4 is 18.4 Å². The molecule has 0 saturated heterocycles. The van der Waals surface area contributed by atoms with E-state index >= 15 is 0 Å². The number of aryl methyl sites for hydroxylation is 1. The van der Waals surface area contributed by atoms with Crippen LogP contribution in [0, 0.1) is 17.3 Å². The Morgan fingerprint density at radius 3 is 2.40 bits per heavy atom. The van der Waals surface area contributed by atoms with Gasteiger partial charge in [-0.05, 0) is 123 Å². The van der Waals surface area contributed by atoms with Crippen LogP contribution in [0.5, 0.6) is 11.5 Å². The van der Waals surface area contributed by atoms with Crippen LogP contribution in [-0.4, -0.2) is 30.8 Å². The molecule has 6 atom stereocenters. The van der Waals surface area contributed by atoms with E-state index in [9.17, 15) is 23.1 Å². The molecular formula is C38H47ClF3NO4. The Labute approximate surface area is 282 Å². The van der Waals surface area contributed by atoms with Gasteiger partial charge in [0, 0.05) is 18.3 Å². The highest BCUT2D eigenvalue weighted by Gasteiger charge is 2.56. The Morgan fingerprint density at radius 1 is 1.02 bits per heavy atom. The van der Waals surface area contributed by atoms with Gasteiger partial charge in [-0.1, -0.05) is 50.2 Å². The van der Waals surface area contributed by atoms with E-state index in [1.54, 1.807) is 0 Å². The predicted molar refractivity (Wildman–Crippen MR) is 180 cm³/mol. The zero-order chi connectivity index (χ0) is 32.9. The lowest BCUT2D eigenvalue weighted by atomic mass is 9.55. The summed E-state index contributed by atoms with van der Waals surface area (Å²) >= 11 is 0. The molecule has 0 aliphatic heterocycles. The zero-order valence-electron chi connectivity index (χ0n) is 27.4. The molecule has 2 saturated carbocycles. The number of fused-ring (bicyclic) bond motifs is 5. The first-order chi connectivity index (χ1) is 22.0. The monoisotopic (exact) mass is 673 g/mol. The van der Waals surface area contributed by atoms with Crippen molar-refractivity contribution in [1.29, 1.82) is 0 Å². The smallest absolute Gasteiger partial charge is 0.416 e. The molecule has 2 fully saturated rings. The first-order valence-corrected chi connectivity index (χ1v) is 16.6. The van der Waals surface area contributed by atoms with Gasteiger partial charge in [0.2, 0.25) is 0 Å². The number of phenols is 1. The van der Waals surface area contributed by atoms with E-state index in [4.69, 9.17) is 9.47 Å². The van der Waals surface area contributed by atoms with Crippen LogP contribution < -0.4 is 10.1 Å². The van der Waals surface area contributed by atoms with Gasteiger partial charge in [0.1, 0.15) is 23.7 Å². The molecule has 0 spiro atoms. The zero-order valence-corrected chi connectivity index (χ0v) is 28.2. The molecule has 47 heavy (non-hydrogen) atoms. The van der Waals surface area contributed by atoms with Gasteiger partial charge in [-0.3, -0.25) is 4.79 Å². The minimum atomic E-state index is -4.33. The Hall–Kier alpha value is -3.23. The van der Waals surface area contributed by atoms with E-state index in [0.717, 1.165) is 49.9 Å². The summed E-state index contributed by atoms with van der Waals surface area (Å²) in [5.74, 6) is 2.75. The second-order valence-electron chi connectivity index (χ2n) is 13.2. The van der Waals surface area contributed by atoms with Gasteiger partial charge in [-0.25, -0.2) is 0 Å². The molecule has 3 aliphatic rings. The van der Waals surface area contributed by atoms with Crippen molar-refractivity contribution in [1.82, 2.24) is 5.32 Å². The maximum atomic E-state index is 12.6. The summed E-state index contributed by atoms with van der Waals surface area (Å²) in [6.07, 6.45) is 3.57. The number of halogens is 4. The van der Waals surface area contributed by atoms with E-state index in [1.165, 1.54) is 42.5 Å². The van der Waals surface area contributed by atoms with E-state index < -0.39 is 11.7 Å². The van der Waals surface area contributed by atoms with Crippen molar-refractivity contribution in [2.45, 2.75) is 89.5 Å². The van der Waals surface area contributed by atoms with E-state index in [0.29, 0.717) is 35.7 Å². The van der Waals surface area contributed by atoms with Crippen molar-refractivity contribution in [3.8, 4) is 11.5 Å². The molecule has 9 heteroatoms. The third kappa shape index (κ3) is 8.44. The summed E-state index contributed by atoms with van der Waals surface area (Å²) in [5, 5.41) is 12.8. The number of carbonyl (C=O) groups excluding carboxylic acids is 1. The van der Waals surface area contributed by atoms with Crippen molar-refractivity contribution < 1.29 is 32.5 Å². The van der Waals surface area contributed by atoms with Crippen LogP contribution in [0.3, 0.4) is 0 Å². The summed E-state index contributed by atoms with van der Waals surface area (Å²) in [7, 11) is 1.85. The van der Waals surface area contributed by atoms with Gasteiger partial charge >= 0.3 is 12.1 Å². The number of phenolic OH excluding ortho intramolecular Hbond substituents is 1. The number of hydrogen-bond donors (Lipinski definition) is 2. The number of nitrogens with one attached hydrogen (secondary N) is 1. The molecule has 6 unspecified atom stereocenters. The van der Waals surface area contributed by atoms with Crippen molar-refractivity contribution in [2.75, 3.05) is 13.6 Å². The number of alkyl halides is 3. The van der Waals surface area contributed by atoms with Crippen LogP contribution in [0.15, 0.2) is 72.8 Å². The molecule has 5 nitrogen and oxygen atoms in total. The number of rotatable bonds is 8. The molecule has 3 aromatic rings. The van der Waals surface area contributed by atoms with Crippen molar-refractivity contribution in [3.63, 3.8) is 0 Å². The first kappa shape index (κ1) is 36.6. The molecule has 0 amide bonds. The molecule has 3 aliphatic carbocycles. The number of esters is 1. The third-order valence-electron chi connectivity index (χ3n) is 10.5. The molecule has 6 rings (SSSR count). The fourth-order valence-electron chi connectivity index (χ4n) is 8.08. The first-order valence-electron chi connectivity index (χ1n) is 16.6. The second-order valence-corrected chi connectivity index (χ2v) is 13.2. The normalized spacial score (nSPS) is 25.1. The maximum absolute atomic E-state index is 12.6. The van der Waals surface area contributed by atoms with E-state index in [2.05, 4.69) is 18.3 Å². The molecule has 0 aromatic heterocycles. The third-order valence-corrected chi connectivity index (χ3v) is 10.5. The molecule has 3 aromatic carbocycles. The highest BCUT2D eigenvalue weighted by molar-refractivity contribution is 5.85. The number of carbonyl (C=O) groups is 1. The SMILES string of the molecule is CCC(=O)OC1CCC2C3CCc4cc(O)ccc4C3CCC12C.CNCCC(Oc1ccc(C(F)(F)F)cc1)c1ccccc1.Cl. The Morgan fingerprint density at radius 2 is 1.74 bits per heavy atom. The van der Waals surface area contributed by atoms with Gasteiger partial charge in [-0.15, -0.1) is 12.4 Å². The summed E-state index contributed by atoms with van der Waals surface area (Å²) in [6.45, 7) is 4.99. The van der Waals surface area contributed by atoms with Gasteiger partial charge in [0.25, 0.3) is 0 Å². The maximum Gasteiger partial charge on any atom is 0.416 e. The molecular weight excluding hydrogens is 627 g/mol. The number of ether oxygens (including phenoxy) is 2. The minimum Gasteiger partial charge on any atom is -0.508 e. The lowest BCUT2D eigenvalue weighted by Gasteiger charge is -2.50. The Balaban J connectivity index is 0.000000209. The molecule has 0 radical (unpaired) electrons. The van der Waals surface area contributed by atoms with Crippen molar-refractivity contribution in [2.24, 2.45) is 17.3 Å². The standard InChI is InChI=1S/C21H28O3.C17H18F3NO.ClH/c1-3-20(23)24-19-9-8-18-17-6-4-13-12-14(22)5-7-15(13)16(17)10-11-21(18,19)2;1-21-12-11-16(13-5-3-2-4-6-13)22-15-9-7-14(8-10-15)17(18,19)20;/h5,7,12,16-19,22H,3-4,6,8-11H2,1-2H3;2-10,16,21H,11-12H2,1H3;1H. The summed E-state index contributed by atoms with van der Waals surface area (Å²) in [5.41, 5.74) is 3.27. The molecule has 256 valence electrons.